The Kier molecular flexibility index (Phi) is 4.02. The van der Waals surface area contributed by atoms with Crippen LogP contribution in [0.2, 0.25) is 0 Å². The molecule has 0 radical (unpaired) electrons. The van der Waals surface area contributed by atoms with Crippen molar-refractivity contribution in [3.8, 4) is 0 Å². The topological polar surface area (TPSA) is 12.5 Å². The lowest BCUT2D eigenvalue weighted by Gasteiger charge is -2.36. The summed E-state index contributed by atoms with van der Waals surface area (Å²) in [6, 6.07) is 0.661. The van der Waals surface area contributed by atoms with Gasteiger partial charge in [0.1, 0.15) is 0 Å². The maximum absolute atomic E-state index is 5.49. The Bertz CT molecular complexity index is 127. The minimum atomic E-state index is 0.476. The number of likely N-dealkylation sites (N-methyl/N-ethyl adjacent to an activating group) is 1. The first-order chi connectivity index (χ1) is 5.79. The van der Waals surface area contributed by atoms with Gasteiger partial charge in [-0.2, -0.15) is 0 Å². The van der Waals surface area contributed by atoms with Gasteiger partial charge in [-0.25, -0.2) is 0 Å². The summed E-state index contributed by atoms with van der Waals surface area (Å²) in [6.07, 6.45) is 5.74. The van der Waals surface area contributed by atoms with Gasteiger partial charge in [-0.05, 0) is 26.4 Å². The minimum absolute atomic E-state index is 0.476. The Hall–Kier alpha value is -0.0800. The smallest absolute Gasteiger partial charge is 0.0726 e. The zero-order chi connectivity index (χ0) is 8.97. The van der Waals surface area contributed by atoms with Crippen LogP contribution < -0.4 is 0 Å². The van der Waals surface area contributed by atoms with Crippen LogP contribution in [0.4, 0.5) is 0 Å². The number of ether oxygens (including phenoxy) is 1. The third-order valence-electron chi connectivity index (χ3n) is 3.04. The van der Waals surface area contributed by atoms with E-state index in [0.29, 0.717) is 12.1 Å². The van der Waals surface area contributed by atoms with Crippen molar-refractivity contribution in [3.63, 3.8) is 0 Å². The summed E-state index contributed by atoms with van der Waals surface area (Å²) in [7, 11) is 4.04. The second kappa shape index (κ2) is 4.83. The molecule has 0 amide bonds. The second-order valence-corrected chi connectivity index (χ2v) is 3.70. The molecule has 0 aliphatic heterocycles. The van der Waals surface area contributed by atoms with Gasteiger partial charge in [0, 0.05) is 13.2 Å². The van der Waals surface area contributed by atoms with Gasteiger partial charge < -0.3 is 9.64 Å². The summed E-state index contributed by atoms with van der Waals surface area (Å²) < 4.78 is 5.49. The quantitative estimate of drug-likeness (QED) is 0.643. The third-order valence-corrected chi connectivity index (χ3v) is 3.04. The first kappa shape index (κ1) is 10.0. The predicted octanol–water partition coefficient (Wildman–Crippen LogP) is 1.90. The molecule has 72 valence electrons. The van der Waals surface area contributed by atoms with Crippen LogP contribution in [0.5, 0.6) is 0 Å². The van der Waals surface area contributed by atoms with Crippen molar-refractivity contribution in [2.24, 2.45) is 0 Å². The fraction of sp³-hybridized carbons (Fsp3) is 1.00. The summed E-state index contributed by atoms with van der Waals surface area (Å²) in [5, 5.41) is 0. The molecular formula is C10H21NO. The normalized spacial score (nSPS) is 31.0. The molecule has 2 atom stereocenters. The SMILES string of the molecule is CCN(C)C1CCCCC1OC. The monoisotopic (exact) mass is 171 g/mol. The third kappa shape index (κ3) is 2.20. The second-order valence-electron chi connectivity index (χ2n) is 3.70. The molecule has 0 heterocycles. The summed E-state index contributed by atoms with van der Waals surface area (Å²) in [6.45, 7) is 3.34. The molecule has 0 aromatic heterocycles. The van der Waals surface area contributed by atoms with Gasteiger partial charge in [0.2, 0.25) is 0 Å². The van der Waals surface area contributed by atoms with Crippen LogP contribution >= 0.6 is 0 Å². The molecule has 0 N–H and O–H groups in total. The van der Waals surface area contributed by atoms with Gasteiger partial charge in [0.15, 0.2) is 0 Å². The van der Waals surface area contributed by atoms with E-state index in [2.05, 4.69) is 18.9 Å². The molecule has 1 fully saturated rings. The van der Waals surface area contributed by atoms with Crippen molar-refractivity contribution in [1.29, 1.82) is 0 Å². The summed E-state index contributed by atoms with van der Waals surface area (Å²) >= 11 is 0. The Balaban J connectivity index is 2.46. The van der Waals surface area contributed by atoms with Crippen LogP contribution in [0.15, 0.2) is 0 Å². The van der Waals surface area contributed by atoms with E-state index in [1.807, 2.05) is 7.11 Å². The molecule has 0 saturated heterocycles. The van der Waals surface area contributed by atoms with Crippen LogP contribution in [0.3, 0.4) is 0 Å². The maximum Gasteiger partial charge on any atom is 0.0726 e. The molecule has 0 spiro atoms. The fourth-order valence-electron chi connectivity index (χ4n) is 2.09. The van der Waals surface area contributed by atoms with E-state index >= 15 is 0 Å². The number of hydrogen-bond donors (Lipinski definition) is 0. The van der Waals surface area contributed by atoms with E-state index in [-0.39, 0.29) is 0 Å². The molecule has 1 rings (SSSR count). The van der Waals surface area contributed by atoms with E-state index in [1.165, 1.54) is 25.7 Å². The molecule has 0 aromatic carbocycles. The molecule has 0 bridgehead atoms. The van der Waals surface area contributed by atoms with E-state index < -0.39 is 0 Å². The van der Waals surface area contributed by atoms with Crippen LogP contribution in [-0.4, -0.2) is 37.7 Å². The lowest BCUT2D eigenvalue weighted by atomic mass is 9.91. The Labute approximate surface area is 75.9 Å². The molecular weight excluding hydrogens is 150 g/mol. The standard InChI is InChI=1S/C10H21NO/c1-4-11(2)9-7-5-6-8-10(9)12-3/h9-10H,4-8H2,1-3H3. The molecule has 2 nitrogen and oxygen atoms in total. The highest BCUT2D eigenvalue weighted by atomic mass is 16.5. The maximum atomic E-state index is 5.49. The summed E-state index contributed by atoms with van der Waals surface area (Å²) in [4.78, 5) is 2.41. The van der Waals surface area contributed by atoms with E-state index in [0.717, 1.165) is 6.54 Å². The molecule has 1 aliphatic carbocycles. The average molecular weight is 171 g/mol. The van der Waals surface area contributed by atoms with E-state index in [4.69, 9.17) is 4.74 Å². The van der Waals surface area contributed by atoms with Crippen molar-refractivity contribution < 1.29 is 4.74 Å². The minimum Gasteiger partial charge on any atom is -0.380 e. The zero-order valence-electron chi connectivity index (χ0n) is 8.55. The highest BCUT2D eigenvalue weighted by Gasteiger charge is 2.26. The lowest BCUT2D eigenvalue weighted by Crippen LogP contribution is -2.44. The number of rotatable bonds is 3. The molecule has 2 unspecified atom stereocenters. The van der Waals surface area contributed by atoms with Gasteiger partial charge in [-0.15, -0.1) is 0 Å². The van der Waals surface area contributed by atoms with Crippen molar-refractivity contribution in [2.45, 2.75) is 44.8 Å². The Morgan fingerprint density at radius 2 is 2.00 bits per heavy atom. The number of methoxy groups -OCH3 is 1. The summed E-state index contributed by atoms with van der Waals surface area (Å²) in [5.41, 5.74) is 0. The van der Waals surface area contributed by atoms with Gasteiger partial charge in [-0.3, -0.25) is 0 Å². The van der Waals surface area contributed by atoms with Crippen LogP contribution in [-0.2, 0) is 4.74 Å². The van der Waals surface area contributed by atoms with E-state index in [9.17, 15) is 0 Å². The molecule has 12 heavy (non-hydrogen) atoms. The van der Waals surface area contributed by atoms with Gasteiger partial charge >= 0.3 is 0 Å². The highest BCUT2D eigenvalue weighted by Crippen LogP contribution is 2.24. The Morgan fingerprint density at radius 3 is 2.58 bits per heavy atom. The van der Waals surface area contributed by atoms with Crippen LogP contribution in [0.25, 0.3) is 0 Å². The first-order valence-electron chi connectivity index (χ1n) is 5.02. The van der Waals surface area contributed by atoms with Crippen molar-refractivity contribution in [3.05, 3.63) is 0 Å². The molecule has 1 saturated carbocycles. The number of hydrogen-bond acceptors (Lipinski definition) is 2. The van der Waals surface area contributed by atoms with Gasteiger partial charge in [-0.1, -0.05) is 19.8 Å². The van der Waals surface area contributed by atoms with Gasteiger partial charge in [0.05, 0.1) is 6.10 Å². The van der Waals surface area contributed by atoms with Crippen LogP contribution in [0.1, 0.15) is 32.6 Å². The first-order valence-corrected chi connectivity index (χ1v) is 5.02. The zero-order valence-corrected chi connectivity index (χ0v) is 8.55. The van der Waals surface area contributed by atoms with Crippen molar-refractivity contribution >= 4 is 0 Å². The highest BCUT2D eigenvalue weighted by molar-refractivity contribution is 4.81. The van der Waals surface area contributed by atoms with Crippen molar-refractivity contribution in [2.75, 3.05) is 20.7 Å². The molecule has 0 aromatic rings. The van der Waals surface area contributed by atoms with E-state index in [1.54, 1.807) is 0 Å². The summed E-state index contributed by atoms with van der Waals surface area (Å²) in [5.74, 6) is 0. The van der Waals surface area contributed by atoms with Crippen LogP contribution in [0, 0.1) is 0 Å². The van der Waals surface area contributed by atoms with Gasteiger partial charge in [0.25, 0.3) is 0 Å². The molecule has 1 aliphatic rings. The largest absolute Gasteiger partial charge is 0.380 e. The Morgan fingerprint density at radius 1 is 1.33 bits per heavy atom. The predicted molar refractivity (Wildman–Crippen MR) is 51.4 cm³/mol. The lowest BCUT2D eigenvalue weighted by molar-refractivity contribution is -0.000184. The molecule has 2 heteroatoms. The van der Waals surface area contributed by atoms with Crippen molar-refractivity contribution in [1.82, 2.24) is 4.90 Å². The average Bonchev–Trinajstić information content (AvgIpc) is 2.16. The fourth-order valence-corrected chi connectivity index (χ4v) is 2.09. The number of nitrogens with zero attached hydrogens (tertiary/aromatic N) is 1.